The lowest BCUT2D eigenvalue weighted by atomic mass is 9.99. The Morgan fingerprint density at radius 2 is 2.36 bits per heavy atom. The molecule has 0 radical (unpaired) electrons. The molecule has 14 heavy (non-hydrogen) atoms. The molecule has 1 unspecified atom stereocenters. The predicted molar refractivity (Wildman–Crippen MR) is 68.0 cm³/mol. The highest BCUT2D eigenvalue weighted by Gasteiger charge is 2.09. The second-order valence-electron chi connectivity index (χ2n) is 3.65. The zero-order chi connectivity index (χ0) is 10.4. The van der Waals surface area contributed by atoms with Gasteiger partial charge in [0.25, 0.3) is 0 Å². The van der Waals surface area contributed by atoms with E-state index in [1.165, 1.54) is 28.6 Å². The Balaban J connectivity index is 2.46. The van der Waals surface area contributed by atoms with Crippen LogP contribution in [0.1, 0.15) is 24.6 Å². The fourth-order valence-electron chi connectivity index (χ4n) is 1.72. The lowest BCUT2D eigenvalue weighted by Gasteiger charge is -2.14. The van der Waals surface area contributed by atoms with Gasteiger partial charge in [-0.2, -0.15) is 0 Å². The molecule has 1 heterocycles. The zero-order valence-corrected chi connectivity index (χ0v) is 11.2. The number of rotatable bonds is 6. The summed E-state index contributed by atoms with van der Waals surface area (Å²) in [6, 6.07) is 2.24. The molecule has 0 bridgehead atoms. The van der Waals surface area contributed by atoms with E-state index in [1.807, 2.05) is 18.4 Å². The van der Waals surface area contributed by atoms with E-state index in [1.54, 1.807) is 0 Å². The zero-order valence-electron chi connectivity index (χ0n) is 8.85. The third-order valence-electron chi connectivity index (χ3n) is 2.30. The van der Waals surface area contributed by atoms with Gasteiger partial charge in [-0.1, -0.05) is 13.3 Å². The van der Waals surface area contributed by atoms with Crippen molar-refractivity contribution in [2.45, 2.75) is 26.2 Å². The minimum atomic E-state index is 0.788. The molecular weight excluding hydrogens is 258 g/mol. The fourth-order valence-corrected chi connectivity index (χ4v) is 3.29. The maximum absolute atomic E-state index is 3.49. The topological polar surface area (TPSA) is 12.0 Å². The third-order valence-corrected chi connectivity index (χ3v) is 4.02. The van der Waals surface area contributed by atoms with Crippen molar-refractivity contribution in [1.29, 1.82) is 0 Å². The molecule has 0 spiro atoms. The largest absolute Gasteiger partial charge is 0.319 e. The van der Waals surface area contributed by atoms with Crippen LogP contribution in [0.2, 0.25) is 0 Å². The summed E-state index contributed by atoms with van der Waals surface area (Å²) in [6.07, 6.45) is 3.81. The van der Waals surface area contributed by atoms with E-state index in [2.05, 4.69) is 39.6 Å². The van der Waals surface area contributed by atoms with E-state index in [9.17, 15) is 0 Å². The van der Waals surface area contributed by atoms with Crippen molar-refractivity contribution in [1.82, 2.24) is 5.32 Å². The number of hydrogen-bond donors (Lipinski definition) is 1. The normalized spacial score (nSPS) is 13.1. The first-order chi connectivity index (χ1) is 6.76. The molecule has 0 aromatic carbocycles. The van der Waals surface area contributed by atoms with Crippen molar-refractivity contribution in [2.75, 3.05) is 13.6 Å². The van der Waals surface area contributed by atoms with Crippen molar-refractivity contribution in [3.8, 4) is 0 Å². The molecule has 3 heteroatoms. The Kier molecular flexibility index (Phi) is 5.75. The van der Waals surface area contributed by atoms with E-state index in [-0.39, 0.29) is 0 Å². The standard InChI is InChI=1S/C11H18BrNS/c1-3-4-9(7-13-2)5-11-6-10(12)8-14-11/h6,8-9,13H,3-5,7H2,1-2H3. The monoisotopic (exact) mass is 275 g/mol. The average Bonchev–Trinajstić information content (AvgIpc) is 2.52. The Morgan fingerprint density at radius 1 is 1.57 bits per heavy atom. The van der Waals surface area contributed by atoms with Crippen molar-refractivity contribution < 1.29 is 0 Å². The van der Waals surface area contributed by atoms with E-state index in [0.29, 0.717) is 0 Å². The Morgan fingerprint density at radius 3 is 2.86 bits per heavy atom. The maximum Gasteiger partial charge on any atom is 0.0285 e. The predicted octanol–water partition coefficient (Wildman–Crippen LogP) is 3.69. The average molecular weight is 276 g/mol. The highest BCUT2D eigenvalue weighted by Crippen LogP contribution is 2.23. The van der Waals surface area contributed by atoms with Gasteiger partial charge in [-0.05, 0) is 54.3 Å². The summed E-state index contributed by atoms with van der Waals surface area (Å²) in [6.45, 7) is 3.39. The van der Waals surface area contributed by atoms with Crippen LogP contribution < -0.4 is 5.32 Å². The lowest BCUT2D eigenvalue weighted by molar-refractivity contribution is 0.458. The van der Waals surface area contributed by atoms with Crippen molar-refractivity contribution in [3.05, 3.63) is 20.8 Å². The molecule has 0 aliphatic rings. The van der Waals surface area contributed by atoms with Gasteiger partial charge < -0.3 is 5.32 Å². The van der Waals surface area contributed by atoms with Gasteiger partial charge in [-0.25, -0.2) is 0 Å². The molecular formula is C11H18BrNS. The summed E-state index contributed by atoms with van der Waals surface area (Å²) >= 11 is 5.35. The van der Waals surface area contributed by atoms with E-state index in [0.717, 1.165) is 12.5 Å². The molecule has 1 nitrogen and oxygen atoms in total. The molecule has 1 N–H and O–H groups in total. The second kappa shape index (κ2) is 6.59. The van der Waals surface area contributed by atoms with Gasteiger partial charge >= 0.3 is 0 Å². The van der Waals surface area contributed by atoms with Gasteiger partial charge in [0, 0.05) is 14.7 Å². The molecule has 80 valence electrons. The van der Waals surface area contributed by atoms with Crippen LogP contribution in [-0.4, -0.2) is 13.6 Å². The minimum Gasteiger partial charge on any atom is -0.319 e. The Hall–Kier alpha value is 0.140. The van der Waals surface area contributed by atoms with Crippen LogP contribution in [0.5, 0.6) is 0 Å². The first kappa shape index (κ1) is 12.2. The molecule has 1 atom stereocenters. The van der Waals surface area contributed by atoms with Crippen LogP contribution >= 0.6 is 27.3 Å². The van der Waals surface area contributed by atoms with Gasteiger partial charge in [0.05, 0.1) is 0 Å². The number of nitrogens with one attached hydrogen (secondary N) is 1. The lowest BCUT2D eigenvalue weighted by Crippen LogP contribution is -2.20. The highest BCUT2D eigenvalue weighted by atomic mass is 79.9. The summed E-state index contributed by atoms with van der Waals surface area (Å²) < 4.78 is 1.22. The first-order valence-electron chi connectivity index (χ1n) is 5.13. The van der Waals surface area contributed by atoms with Crippen molar-refractivity contribution in [2.24, 2.45) is 5.92 Å². The van der Waals surface area contributed by atoms with E-state index < -0.39 is 0 Å². The van der Waals surface area contributed by atoms with E-state index in [4.69, 9.17) is 0 Å². The van der Waals surface area contributed by atoms with Crippen molar-refractivity contribution >= 4 is 27.3 Å². The smallest absolute Gasteiger partial charge is 0.0285 e. The molecule has 0 aliphatic carbocycles. The van der Waals surface area contributed by atoms with Crippen LogP contribution in [0.3, 0.4) is 0 Å². The highest BCUT2D eigenvalue weighted by molar-refractivity contribution is 9.10. The summed E-state index contributed by atoms with van der Waals surface area (Å²) in [5.74, 6) is 0.788. The molecule has 0 aliphatic heterocycles. The minimum absolute atomic E-state index is 0.788. The SMILES string of the molecule is CCCC(CNC)Cc1cc(Br)cs1. The summed E-state index contributed by atoms with van der Waals surface area (Å²) in [5, 5.41) is 5.44. The Labute approximate surface area is 99.0 Å². The third kappa shape index (κ3) is 4.11. The molecule has 0 saturated heterocycles. The second-order valence-corrected chi connectivity index (χ2v) is 5.56. The van der Waals surface area contributed by atoms with Gasteiger partial charge in [0.15, 0.2) is 0 Å². The number of halogens is 1. The van der Waals surface area contributed by atoms with Gasteiger partial charge in [-0.3, -0.25) is 0 Å². The summed E-state index contributed by atoms with van der Waals surface area (Å²) in [7, 11) is 2.03. The maximum atomic E-state index is 3.49. The van der Waals surface area contributed by atoms with Crippen LogP contribution in [0.4, 0.5) is 0 Å². The van der Waals surface area contributed by atoms with Crippen LogP contribution in [-0.2, 0) is 6.42 Å². The molecule has 1 aromatic rings. The van der Waals surface area contributed by atoms with Gasteiger partial charge in [0.2, 0.25) is 0 Å². The van der Waals surface area contributed by atoms with Crippen molar-refractivity contribution in [3.63, 3.8) is 0 Å². The summed E-state index contributed by atoms with van der Waals surface area (Å²) in [5.41, 5.74) is 0. The van der Waals surface area contributed by atoms with E-state index >= 15 is 0 Å². The van der Waals surface area contributed by atoms with Crippen LogP contribution in [0.25, 0.3) is 0 Å². The molecule has 0 saturated carbocycles. The number of hydrogen-bond acceptors (Lipinski definition) is 2. The Bertz CT molecular complexity index is 254. The molecule has 1 aromatic heterocycles. The number of thiophene rings is 1. The quantitative estimate of drug-likeness (QED) is 0.835. The van der Waals surface area contributed by atoms with Gasteiger partial charge in [-0.15, -0.1) is 11.3 Å². The summed E-state index contributed by atoms with van der Waals surface area (Å²) in [4.78, 5) is 1.49. The van der Waals surface area contributed by atoms with Gasteiger partial charge in [0.1, 0.15) is 0 Å². The van der Waals surface area contributed by atoms with Crippen LogP contribution in [0, 0.1) is 5.92 Å². The van der Waals surface area contributed by atoms with Crippen LogP contribution in [0.15, 0.2) is 15.9 Å². The fraction of sp³-hybridized carbons (Fsp3) is 0.636. The molecule has 0 fully saturated rings. The molecule has 0 amide bonds. The first-order valence-corrected chi connectivity index (χ1v) is 6.81. The molecule has 1 rings (SSSR count).